The summed E-state index contributed by atoms with van der Waals surface area (Å²) in [7, 11) is 0. The normalized spacial score (nSPS) is 15.7. The Balaban J connectivity index is 1.31. The first-order chi connectivity index (χ1) is 17.4. The van der Waals surface area contributed by atoms with Gasteiger partial charge in [0.05, 0.1) is 17.4 Å². The van der Waals surface area contributed by atoms with Crippen LogP contribution >= 0.6 is 11.5 Å². The van der Waals surface area contributed by atoms with E-state index in [1.807, 2.05) is 42.9 Å². The number of carbonyl (C=O) groups excluding carboxylic acids is 2. The van der Waals surface area contributed by atoms with Crippen LogP contribution in [0.4, 0.5) is 16.6 Å². The first kappa shape index (κ1) is 23.7. The molecule has 2 amide bonds. The first-order valence-corrected chi connectivity index (χ1v) is 12.6. The molecule has 186 valence electrons. The smallest absolute Gasteiger partial charge is 0.271 e. The number of amides is 2. The number of fused-ring (bicyclic) bond motifs is 1. The van der Waals surface area contributed by atoms with Gasteiger partial charge in [0, 0.05) is 42.8 Å². The number of hydrogen-bond acceptors (Lipinski definition) is 9. The SMILES string of the molecule is CCn1cc2cc(C(=O)NC3CCCN(c4cnc(C(N)=O)c(Nc5cc(C)ns5)n4)C3)ccc2n1. The van der Waals surface area contributed by atoms with E-state index in [1.165, 1.54) is 11.5 Å². The Hall–Kier alpha value is -4.06. The monoisotopic (exact) mass is 505 g/mol. The van der Waals surface area contributed by atoms with Crippen molar-refractivity contribution in [2.45, 2.75) is 39.3 Å². The molecule has 1 atom stereocenters. The molecular weight excluding hydrogens is 478 g/mol. The molecule has 11 nitrogen and oxygen atoms in total. The van der Waals surface area contributed by atoms with Gasteiger partial charge in [-0.3, -0.25) is 14.3 Å². The Kier molecular flexibility index (Phi) is 6.51. The van der Waals surface area contributed by atoms with Crippen LogP contribution < -0.4 is 21.3 Å². The van der Waals surface area contributed by atoms with Crippen molar-refractivity contribution in [1.29, 1.82) is 0 Å². The van der Waals surface area contributed by atoms with E-state index in [9.17, 15) is 9.59 Å². The highest BCUT2D eigenvalue weighted by molar-refractivity contribution is 7.10. The average molecular weight is 506 g/mol. The van der Waals surface area contributed by atoms with Crippen LogP contribution in [0, 0.1) is 6.92 Å². The maximum absolute atomic E-state index is 13.0. The molecule has 12 heteroatoms. The second-order valence-electron chi connectivity index (χ2n) is 8.76. The molecule has 1 aromatic carbocycles. The van der Waals surface area contributed by atoms with Crippen LogP contribution in [-0.4, -0.2) is 55.1 Å². The van der Waals surface area contributed by atoms with Gasteiger partial charge in [0.25, 0.3) is 11.8 Å². The summed E-state index contributed by atoms with van der Waals surface area (Å²) in [6, 6.07) is 7.36. The van der Waals surface area contributed by atoms with Crippen molar-refractivity contribution in [3.63, 3.8) is 0 Å². The van der Waals surface area contributed by atoms with Gasteiger partial charge in [0.1, 0.15) is 10.8 Å². The molecule has 5 rings (SSSR count). The van der Waals surface area contributed by atoms with Gasteiger partial charge in [-0.15, -0.1) is 0 Å². The number of piperidine rings is 1. The minimum Gasteiger partial charge on any atom is -0.364 e. The van der Waals surface area contributed by atoms with Gasteiger partial charge in [0.15, 0.2) is 11.5 Å². The van der Waals surface area contributed by atoms with Crippen molar-refractivity contribution in [3.05, 3.63) is 53.6 Å². The van der Waals surface area contributed by atoms with E-state index >= 15 is 0 Å². The van der Waals surface area contributed by atoms with Crippen LogP contribution in [-0.2, 0) is 6.54 Å². The number of nitrogens with zero attached hydrogens (tertiary/aromatic N) is 6. The molecule has 3 aromatic heterocycles. The lowest BCUT2D eigenvalue weighted by molar-refractivity contribution is 0.0932. The van der Waals surface area contributed by atoms with E-state index in [2.05, 4.69) is 35.0 Å². The van der Waals surface area contributed by atoms with Crippen molar-refractivity contribution >= 4 is 50.9 Å². The van der Waals surface area contributed by atoms with E-state index in [0.29, 0.717) is 17.9 Å². The lowest BCUT2D eigenvalue weighted by Gasteiger charge is -2.34. The molecule has 0 bridgehead atoms. The predicted molar refractivity (Wildman–Crippen MR) is 139 cm³/mol. The maximum atomic E-state index is 13.0. The van der Waals surface area contributed by atoms with E-state index < -0.39 is 5.91 Å². The molecule has 4 heterocycles. The van der Waals surface area contributed by atoms with Crippen molar-refractivity contribution in [3.8, 4) is 0 Å². The summed E-state index contributed by atoms with van der Waals surface area (Å²) in [6.07, 6.45) is 5.23. The molecule has 1 aliphatic heterocycles. The van der Waals surface area contributed by atoms with Crippen LogP contribution in [0.1, 0.15) is 46.3 Å². The van der Waals surface area contributed by atoms with E-state index in [-0.39, 0.29) is 23.5 Å². The Morgan fingerprint density at radius 1 is 1.28 bits per heavy atom. The van der Waals surface area contributed by atoms with Gasteiger partial charge >= 0.3 is 0 Å². The summed E-state index contributed by atoms with van der Waals surface area (Å²) in [5, 5.41) is 12.4. The average Bonchev–Trinajstić information content (AvgIpc) is 3.48. The third-order valence-corrected chi connectivity index (χ3v) is 6.88. The summed E-state index contributed by atoms with van der Waals surface area (Å²) in [5.74, 6) is 0.112. The summed E-state index contributed by atoms with van der Waals surface area (Å²) in [5.41, 5.74) is 7.92. The Morgan fingerprint density at radius 2 is 2.14 bits per heavy atom. The van der Waals surface area contributed by atoms with Gasteiger partial charge in [-0.25, -0.2) is 9.97 Å². The number of carbonyl (C=O) groups is 2. The second kappa shape index (κ2) is 9.90. The second-order valence-corrected chi connectivity index (χ2v) is 9.57. The lowest BCUT2D eigenvalue weighted by atomic mass is 10.0. The highest BCUT2D eigenvalue weighted by Crippen LogP contribution is 2.26. The molecule has 1 saturated heterocycles. The van der Waals surface area contributed by atoms with Crippen LogP contribution in [0.2, 0.25) is 0 Å². The number of aryl methyl sites for hydroxylation is 2. The number of primary amides is 1. The molecule has 4 aromatic rings. The van der Waals surface area contributed by atoms with E-state index in [4.69, 9.17) is 5.73 Å². The Labute approximate surface area is 211 Å². The van der Waals surface area contributed by atoms with Crippen molar-refractivity contribution in [1.82, 2.24) is 29.4 Å². The maximum Gasteiger partial charge on any atom is 0.271 e. The molecule has 0 aliphatic carbocycles. The van der Waals surface area contributed by atoms with Crippen LogP contribution in [0.15, 0.2) is 36.7 Å². The van der Waals surface area contributed by atoms with Crippen LogP contribution in [0.5, 0.6) is 0 Å². The molecule has 1 aliphatic rings. The zero-order valence-corrected chi connectivity index (χ0v) is 20.9. The minimum absolute atomic E-state index is 0.0570. The molecule has 1 fully saturated rings. The highest BCUT2D eigenvalue weighted by atomic mass is 32.1. The van der Waals surface area contributed by atoms with Gasteiger partial charge in [0.2, 0.25) is 0 Å². The molecule has 0 saturated carbocycles. The summed E-state index contributed by atoms with van der Waals surface area (Å²) in [4.78, 5) is 35.9. The zero-order chi connectivity index (χ0) is 25.2. The van der Waals surface area contributed by atoms with Gasteiger partial charge in [-0.1, -0.05) is 0 Å². The minimum atomic E-state index is -0.664. The summed E-state index contributed by atoms with van der Waals surface area (Å²) >= 11 is 1.27. The van der Waals surface area contributed by atoms with Crippen LogP contribution in [0.25, 0.3) is 10.9 Å². The quantitative estimate of drug-likeness (QED) is 0.348. The molecule has 1 unspecified atom stereocenters. The third kappa shape index (κ3) is 4.98. The number of nitrogens with two attached hydrogens (primary N) is 1. The summed E-state index contributed by atoms with van der Waals surface area (Å²) in [6.45, 7) is 6.03. The van der Waals surface area contributed by atoms with Crippen molar-refractivity contribution in [2.24, 2.45) is 5.73 Å². The zero-order valence-electron chi connectivity index (χ0n) is 20.1. The van der Waals surface area contributed by atoms with E-state index in [1.54, 1.807) is 12.3 Å². The molecule has 0 spiro atoms. The highest BCUT2D eigenvalue weighted by Gasteiger charge is 2.25. The predicted octanol–water partition coefficient (Wildman–Crippen LogP) is 2.85. The number of nitrogens with one attached hydrogen (secondary N) is 2. The Morgan fingerprint density at radius 3 is 2.89 bits per heavy atom. The van der Waals surface area contributed by atoms with Gasteiger partial charge < -0.3 is 21.3 Å². The molecular formula is C24H27N9O2S. The topological polar surface area (TPSA) is 144 Å². The first-order valence-electron chi connectivity index (χ1n) is 11.8. The fraction of sp³-hybridized carbons (Fsp3) is 0.333. The van der Waals surface area contributed by atoms with Crippen LogP contribution in [0.3, 0.4) is 0 Å². The van der Waals surface area contributed by atoms with Gasteiger partial charge in [-0.2, -0.15) is 9.47 Å². The Bertz CT molecular complexity index is 1430. The number of rotatable bonds is 7. The van der Waals surface area contributed by atoms with E-state index in [0.717, 1.165) is 47.5 Å². The largest absolute Gasteiger partial charge is 0.364 e. The third-order valence-electron chi connectivity index (χ3n) is 6.08. The molecule has 36 heavy (non-hydrogen) atoms. The fourth-order valence-corrected chi connectivity index (χ4v) is 4.95. The standard InChI is InChI=1S/C24H27N9O2S/c1-3-33-12-16-10-15(6-7-18(16)30-33)24(35)27-17-5-4-8-32(13-17)19-11-26-21(22(25)34)23(28-19)29-20-9-14(2)31-36-20/h6-7,9-12,17H,3-5,8,13H2,1-2H3,(H2,25,34)(H,27,35)(H,28,29). The molecule has 0 radical (unpaired) electrons. The number of anilines is 3. The number of benzene rings is 1. The van der Waals surface area contributed by atoms with Gasteiger partial charge in [-0.05, 0) is 62.5 Å². The van der Waals surface area contributed by atoms with Crippen molar-refractivity contribution in [2.75, 3.05) is 23.3 Å². The number of hydrogen-bond donors (Lipinski definition) is 3. The fourth-order valence-electron chi connectivity index (χ4n) is 4.29. The number of aromatic nitrogens is 5. The summed E-state index contributed by atoms with van der Waals surface area (Å²) < 4.78 is 6.10. The lowest BCUT2D eigenvalue weighted by Crippen LogP contribution is -2.48. The van der Waals surface area contributed by atoms with Crippen molar-refractivity contribution < 1.29 is 9.59 Å². The molecule has 4 N–H and O–H groups in total.